The second-order valence-electron chi connectivity index (χ2n) is 13.0. The molecule has 0 saturated carbocycles. The van der Waals surface area contributed by atoms with Crippen LogP contribution in [0.5, 0.6) is 11.5 Å². The third-order valence-electron chi connectivity index (χ3n) is 8.78. The van der Waals surface area contributed by atoms with Gasteiger partial charge in [0, 0.05) is 16.4 Å². The Morgan fingerprint density at radius 1 is 0.698 bits per heavy atom. The van der Waals surface area contributed by atoms with E-state index >= 15 is 0 Å². The van der Waals surface area contributed by atoms with Crippen molar-refractivity contribution in [1.82, 2.24) is 0 Å². The first-order chi connectivity index (χ1) is 25.8. The van der Waals surface area contributed by atoms with Crippen molar-refractivity contribution in [1.29, 1.82) is 0 Å². The van der Waals surface area contributed by atoms with Crippen molar-refractivity contribution in [2.24, 2.45) is 0 Å². The minimum absolute atomic E-state index is 0.00725. The summed E-state index contributed by atoms with van der Waals surface area (Å²) < 4.78 is 45.4. The third-order valence-corrected chi connectivity index (χ3v) is 11.3. The van der Waals surface area contributed by atoms with Gasteiger partial charge >= 0.3 is 10.1 Å². The lowest BCUT2D eigenvalue weighted by atomic mass is 9.91. The molecular formula is C44H50O7S2. The highest BCUT2D eigenvalue weighted by Crippen LogP contribution is 2.39. The average Bonchev–Trinajstić information content (AvgIpc) is 3.18. The number of hydrogen-bond acceptors (Lipinski definition) is 8. The Kier molecular flexibility index (Phi) is 15.4. The van der Waals surface area contributed by atoms with E-state index in [9.17, 15) is 18.6 Å². The van der Waals surface area contributed by atoms with Crippen LogP contribution in [-0.4, -0.2) is 31.8 Å². The maximum atomic E-state index is 14.0. The number of hydrogen-bond donors (Lipinski definition) is 2. The van der Waals surface area contributed by atoms with Crippen molar-refractivity contribution >= 4 is 21.9 Å². The van der Waals surface area contributed by atoms with Crippen molar-refractivity contribution < 1.29 is 32.3 Å². The monoisotopic (exact) mass is 754 g/mol. The lowest BCUT2D eigenvalue weighted by molar-refractivity contribution is 0.116. The van der Waals surface area contributed by atoms with Gasteiger partial charge in [-0.3, -0.25) is 0 Å². The van der Waals surface area contributed by atoms with E-state index in [2.05, 4.69) is 13.8 Å². The molecule has 1 atom stereocenters. The van der Waals surface area contributed by atoms with E-state index in [1.54, 1.807) is 48.5 Å². The van der Waals surface area contributed by atoms with Gasteiger partial charge in [-0.2, -0.15) is 8.42 Å². The van der Waals surface area contributed by atoms with Crippen LogP contribution in [0.4, 0.5) is 0 Å². The van der Waals surface area contributed by atoms with Gasteiger partial charge in [0.15, 0.2) is 0 Å². The summed E-state index contributed by atoms with van der Waals surface area (Å²) in [6, 6.07) is 34.3. The molecule has 5 aromatic rings. The Morgan fingerprint density at radius 2 is 1.42 bits per heavy atom. The molecule has 53 heavy (non-hydrogen) atoms. The molecule has 0 bridgehead atoms. The number of para-hydroxylation sites is 1. The highest BCUT2D eigenvalue weighted by Gasteiger charge is 2.25. The van der Waals surface area contributed by atoms with Crippen LogP contribution >= 0.6 is 11.8 Å². The van der Waals surface area contributed by atoms with Gasteiger partial charge in [-0.1, -0.05) is 124 Å². The summed E-state index contributed by atoms with van der Waals surface area (Å²) in [6.07, 6.45) is 6.71. The number of unbranched alkanes of at least 4 members (excludes halogenated alkanes) is 5. The van der Waals surface area contributed by atoms with Crippen molar-refractivity contribution in [3.8, 4) is 22.6 Å². The third kappa shape index (κ3) is 11.7. The summed E-state index contributed by atoms with van der Waals surface area (Å²) in [6.45, 7) is 5.80. The summed E-state index contributed by atoms with van der Waals surface area (Å²) in [5.41, 5.74) is 4.01. The molecule has 0 heterocycles. The van der Waals surface area contributed by atoms with E-state index in [0.29, 0.717) is 52.5 Å². The molecule has 7 nitrogen and oxygen atoms in total. The second kappa shape index (κ2) is 20.4. The van der Waals surface area contributed by atoms with Gasteiger partial charge in [-0.05, 0) is 94.8 Å². The van der Waals surface area contributed by atoms with Crippen LogP contribution in [0.3, 0.4) is 0 Å². The topological polar surface area (TPSA) is 102 Å². The molecule has 0 aromatic heterocycles. The number of aliphatic hydroxyl groups is 2. The first-order valence-electron chi connectivity index (χ1n) is 18.4. The molecule has 2 N–H and O–H groups in total. The van der Waals surface area contributed by atoms with Gasteiger partial charge < -0.3 is 23.9 Å². The molecule has 1 unspecified atom stereocenters. The van der Waals surface area contributed by atoms with Crippen LogP contribution in [0, 0.1) is 0 Å². The molecule has 0 saturated heterocycles. The summed E-state index contributed by atoms with van der Waals surface area (Å²) >= 11 is 1.32. The van der Waals surface area contributed by atoms with Crippen LogP contribution in [0.15, 0.2) is 130 Å². The van der Waals surface area contributed by atoms with Crippen molar-refractivity contribution in [3.63, 3.8) is 0 Å². The predicted molar refractivity (Wildman–Crippen MR) is 212 cm³/mol. The molecule has 0 aliphatic carbocycles. The van der Waals surface area contributed by atoms with E-state index in [0.717, 1.165) is 41.9 Å². The smallest absolute Gasteiger partial charge is 0.340 e. The van der Waals surface area contributed by atoms with E-state index < -0.39 is 16.2 Å². The molecule has 9 heteroatoms. The molecule has 5 aromatic carbocycles. The van der Waals surface area contributed by atoms with Crippen LogP contribution in [0.1, 0.15) is 87.2 Å². The maximum Gasteiger partial charge on any atom is 0.340 e. The van der Waals surface area contributed by atoms with E-state index in [-0.39, 0.29) is 17.3 Å². The van der Waals surface area contributed by atoms with Crippen LogP contribution < -0.4 is 8.92 Å². The van der Waals surface area contributed by atoms with Crippen LogP contribution in [-0.2, 0) is 28.1 Å². The number of benzene rings is 5. The number of ether oxygens (including phenoxy) is 2. The molecule has 0 spiro atoms. The van der Waals surface area contributed by atoms with Gasteiger partial charge in [0.2, 0.25) is 0 Å². The van der Waals surface area contributed by atoms with Crippen molar-refractivity contribution in [2.75, 3.05) is 13.2 Å². The summed E-state index contributed by atoms with van der Waals surface area (Å²) in [5, 5.41) is 21.9. The first kappa shape index (κ1) is 40.1. The van der Waals surface area contributed by atoms with Gasteiger partial charge in [-0.15, -0.1) is 0 Å². The molecule has 0 aliphatic rings. The molecule has 0 amide bonds. The lowest BCUT2D eigenvalue weighted by Crippen LogP contribution is -2.11. The summed E-state index contributed by atoms with van der Waals surface area (Å²) in [5.74, 6) is 0.967. The zero-order valence-electron chi connectivity index (χ0n) is 30.6. The second-order valence-corrected chi connectivity index (χ2v) is 15.6. The normalized spacial score (nSPS) is 12.1. The van der Waals surface area contributed by atoms with Gasteiger partial charge in [0.25, 0.3) is 0 Å². The Labute approximate surface area is 319 Å². The summed E-state index contributed by atoms with van der Waals surface area (Å²) in [7, 11) is -4.29. The zero-order chi connectivity index (χ0) is 37.5. The molecule has 0 radical (unpaired) electrons. The number of rotatable bonds is 21. The first-order valence-corrected chi connectivity index (χ1v) is 20.7. The van der Waals surface area contributed by atoms with Crippen molar-refractivity contribution in [2.45, 2.75) is 92.8 Å². The molecule has 280 valence electrons. The lowest BCUT2D eigenvalue weighted by Gasteiger charge is -2.19. The SMILES string of the molecule is CCCCCCCOCc1cc(CO)cc(C(O)c2ccccc2-c2ccc(Sc3ccc(OCCCC)cc3)c(S(=O)(=O)Oc3ccccc3)c2)c1. The standard InChI is InChI=1S/C44H50O7S2/c1-3-5-7-8-14-25-49-32-34-27-33(31-45)28-36(29-34)44(46)41-18-13-12-17-40(41)35-19-24-42(52-39-22-20-37(21-23-39)50-26-6-4-2)43(30-35)53(47,48)51-38-15-10-9-11-16-38/h9-13,15-24,27-30,44-46H,3-8,14,25-26,31-32H2,1-2H3. The quantitative estimate of drug-likeness (QED) is 0.0564. The van der Waals surface area contributed by atoms with E-state index in [4.69, 9.17) is 13.7 Å². The van der Waals surface area contributed by atoms with Crippen LogP contribution in [0.2, 0.25) is 0 Å². The van der Waals surface area contributed by atoms with Crippen LogP contribution in [0.25, 0.3) is 11.1 Å². The zero-order valence-corrected chi connectivity index (χ0v) is 32.2. The van der Waals surface area contributed by atoms with E-state index in [1.165, 1.54) is 31.0 Å². The highest BCUT2D eigenvalue weighted by molar-refractivity contribution is 8.00. The Hall–Kier alpha value is -4.12. The fraction of sp³-hybridized carbons (Fsp3) is 0.318. The molecule has 0 aliphatic heterocycles. The minimum atomic E-state index is -4.29. The van der Waals surface area contributed by atoms with Crippen molar-refractivity contribution in [3.05, 3.63) is 138 Å². The average molecular weight is 755 g/mol. The van der Waals surface area contributed by atoms with E-state index in [1.807, 2.05) is 66.7 Å². The summed E-state index contributed by atoms with van der Waals surface area (Å²) in [4.78, 5) is 1.34. The maximum absolute atomic E-state index is 14.0. The number of aliphatic hydroxyl groups excluding tert-OH is 2. The Morgan fingerprint density at radius 3 is 2.17 bits per heavy atom. The highest BCUT2D eigenvalue weighted by atomic mass is 32.2. The largest absolute Gasteiger partial charge is 0.494 e. The van der Waals surface area contributed by atoms with Gasteiger partial charge in [0.05, 0.1) is 19.8 Å². The molecule has 0 fully saturated rings. The molecular weight excluding hydrogens is 705 g/mol. The molecule has 5 rings (SSSR count). The Balaban J connectivity index is 1.45. The fourth-order valence-electron chi connectivity index (χ4n) is 5.97. The van der Waals surface area contributed by atoms with Gasteiger partial charge in [-0.25, -0.2) is 0 Å². The predicted octanol–water partition coefficient (Wildman–Crippen LogP) is 10.5. The van der Waals surface area contributed by atoms with Gasteiger partial charge in [0.1, 0.15) is 22.5 Å². The minimum Gasteiger partial charge on any atom is -0.494 e. The fourth-order valence-corrected chi connectivity index (χ4v) is 8.26. The Bertz CT molecular complexity index is 1980.